The average molecular weight is 264 g/mol. The molecule has 17 heavy (non-hydrogen) atoms. The van der Waals surface area contributed by atoms with Gasteiger partial charge in [0.2, 0.25) is 10.0 Å². The molecule has 0 bridgehead atoms. The van der Waals surface area contributed by atoms with Crippen molar-refractivity contribution >= 4 is 10.0 Å². The minimum absolute atomic E-state index is 0.208. The summed E-state index contributed by atoms with van der Waals surface area (Å²) in [6.45, 7) is 9.79. The van der Waals surface area contributed by atoms with E-state index in [1.807, 2.05) is 20.8 Å². The summed E-state index contributed by atoms with van der Waals surface area (Å²) in [4.78, 5) is 0. The van der Waals surface area contributed by atoms with Crippen LogP contribution in [0, 0.1) is 0 Å². The first-order valence-corrected chi connectivity index (χ1v) is 8.26. The van der Waals surface area contributed by atoms with Gasteiger partial charge in [-0.05, 0) is 45.7 Å². The predicted octanol–water partition coefficient (Wildman–Crippen LogP) is 1.87. The van der Waals surface area contributed by atoms with E-state index in [2.05, 4.69) is 17.0 Å². The lowest BCUT2D eigenvalue weighted by Gasteiger charge is -2.27. The molecule has 0 aromatic rings. The quantitative estimate of drug-likeness (QED) is 0.592. The normalized spacial score (nSPS) is 12.9. The van der Waals surface area contributed by atoms with Gasteiger partial charge in [-0.1, -0.05) is 20.8 Å². The molecule has 0 aliphatic rings. The van der Waals surface area contributed by atoms with Gasteiger partial charge >= 0.3 is 0 Å². The maximum absolute atomic E-state index is 11.9. The lowest BCUT2D eigenvalue weighted by molar-refractivity contribution is 0.388. The van der Waals surface area contributed by atoms with Gasteiger partial charge in [0, 0.05) is 5.54 Å². The second-order valence-electron chi connectivity index (χ2n) is 4.79. The second-order valence-corrected chi connectivity index (χ2v) is 6.63. The van der Waals surface area contributed by atoms with Gasteiger partial charge in [0.05, 0.1) is 5.75 Å². The zero-order valence-electron chi connectivity index (χ0n) is 11.7. The fourth-order valence-corrected chi connectivity index (χ4v) is 3.18. The van der Waals surface area contributed by atoms with Gasteiger partial charge in [-0.25, -0.2) is 13.1 Å². The lowest BCUT2D eigenvalue weighted by atomic mass is 9.98. The van der Waals surface area contributed by atoms with Crippen molar-refractivity contribution in [3.8, 4) is 0 Å². The van der Waals surface area contributed by atoms with Gasteiger partial charge in [-0.3, -0.25) is 0 Å². The molecule has 0 rings (SSSR count). The third-order valence-electron chi connectivity index (χ3n) is 3.16. The first kappa shape index (κ1) is 16.9. The van der Waals surface area contributed by atoms with Gasteiger partial charge in [0.25, 0.3) is 0 Å². The maximum atomic E-state index is 11.9. The van der Waals surface area contributed by atoms with Crippen molar-refractivity contribution in [3.05, 3.63) is 0 Å². The fraction of sp³-hybridized carbons (Fsp3) is 1.00. The van der Waals surface area contributed by atoms with Crippen molar-refractivity contribution in [2.45, 2.75) is 58.9 Å². The van der Waals surface area contributed by atoms with E-state index in [0.29, 0.717) is 6.42 Å². The fourth-order valence-electron chi connectivity index (χ4n) is 1.51. The molecule has 0 heterocycles. The highest BCUT2D eigenvalue weighted by Gasteiger charge is 2.25. The third kappa shape index (κ3) is 7.73. The van der Waals surface area contributed by atoms with Crippen molar-refractivity contribution in [1.82, 2.24) is 10.0 Å². The molecule has 0 aromatic heterocycles. The number of rotatable bonds is 10. The highest BCUT2D eigenvalue weighted by molar-refractivity contribution is 7.89. The van der Waals surface area contributed by atoms with E-state index in [0.717, 1.165) is 32.4 Å². The van der Waals surface area contributed by atoms with Gasteiger partial charge in [-0.15, -0.1) is 0 Å². The molecule has 0 aliphatic heterocycles. The Morgan fingerprint density at radius 1 is 1.06 bits per heavy atom. The highest BCUT2D eigenvalue weighted by Crippen LogP contribution is 2.15. The van der Waals surface area contributed by atoms with E-state index in [9.17, 15) is 8.42 Å². The van der Waals surface area contributed by atoms with Crippen LogP contribution in [0.3, 0.4) is 0 Å². The highest BCUT2D eigenvalue weighted by atomic mass is 32.2. The SMILES string of the molecule is CCCNCCCS(=O)(=O)NC(C)(CC)CC. The molecule has 0 atom stereocenters. The Balaban J connectivity index is 4.04. The Morgan fingerprint density at radius 2 is 1.65 bits per heavy atom. The Morgan fingerprint density at radius 3 is 2.12 bits per heavy atom. The Labute approximate surface area is 107 Å². The predicted molar refractivity (Wildman–Crippen MR) is 73.7 cm³/mol. The summed E-state index contributed by atoms with van der Waals surface area (Å²) >= 11 is 0. The van der Waals surface area contributed by atoms with Crippen molar-refractivity contribution in [2.24, 2.45) is 0 Å². The summed E-state index contributed by atoms with van der Waals surface area (Å²) < 4.78 is 26.5. The van der Waals surface area contributed by atoms with Crippen LogP contribution in [0.5, 0.6) is 0 Å². The molecule has 0 aliphatic carbocycles. The Bertz CT molecular complexity index is 285. The largest absolute Gasteiger partial charge is 0.317 e. The molecule has 0 unspecified atom stereocenters. The maximum Gasteiger partial charge on any atom is 0.212 e. The second kappa shape index (κ2) is 8.06. The standard InChI is InChI=1S/C12H28N2O2S/c1-5-9-13-10-8-11-17(15,16)14-12(4,6-2)7-3/h13-14H,5-11H2,1-4H3. The number of sulfonamides is 1. The first-order chi connectivity index (χ1) is 7.89. The lowest BCUT2D eigenvalue weighted by Crippen LogP contribution is -2.46. The molecule has 0 spiro atoms. The molecule has 0 saturated carbocycles. The van der Waals surface area contributed by atoms with Crippen LogP contribution in [0.2, 0.25) is 0 Å². The molecule has 0 fully saturated rings. The van der Waals surface area contributed by atoms with Crippen LogP contribution >= 0.6 is 0 Å². The molecule has 0 saturated heterocycles. The van der Waals surface area contributed by atoms with Crippen LogP contribution in [-0.4, -0.2) is 32.8 Å². The molecule has 0 radical (unpaired) electrons. The van der Waals surface area contributed by atoms with E-state index in [4.69, 9.17) is 0 Å². The Hall–Kier alpha value is -0.130. The molecule has 0 aromatic carbocycles. The van der Waals surface area contributed by atoms with Gasteiger partial charge in [0.1, 0.15) is 0 Å². The number of hydrogen-bond donors (Lipinski definition) is 2. The summed E-state index contributed by atoms with van der Waals surface area (Å²) in [7, 11) is -3.14. The van der Waals surface area contributed by atoms with Crippen LogP contribution in [0.4, 0.5) is 0 Å². The molecule has 4 nitrogen and oxygen atoms in total. The summed E-state index contributed by atoms with van der Waals surface area (Å²) in [6, 6.07) is 0. The van der Waals surface area contributed by atoms with E-state index in [1.165, 1.54) is 0 Å². The average Bonchev–Trinajstić information content (AvgIpc) is 2.28. The summed E-state index contributed by atoms with van der Waals surface area (Å²) in [5, 5.41) is 3.21. The van der Waals surface area contributed by atoms with E-state index in [-0.39, 0.29) is 11.3 Å². The summed E-state index contributed by atoms with van der Waals surface area (Å²) in [5.74, 6) is 0.208. The third-order valence-corrected chi connectivity index (χ3v) is 4.79. The van der Waals surface area contributed by atoms with E-state index >= 15 is 0 Å². The Kier molecular flexibility index (Phi) is 8.00. The van der Waals surface area contributed by atoms with Gasteiger partial charge < -0.3 is 5.32 Å². The molecule has 104 valence electrons. The van der Waals surface area contributed by atoms with Crippen LogP contribution < -0.4 is 10.0 Å². The smallest absolute Gasteiger partial charge is 0.212 e. The number of hydrogen-bond acceptors (Lipinski definition) is 3. The zero-order valence-corrected chi connectivity index (χ0v) is 12.5. The molecule has 0 amide bonds. The molecular formula is C12H28N2O2S. The molecule has 5 heteroatoms. The minimum atomic E-state index is -3.14. The monoisotopic (exact) mass is 264 g/mol. The molecule has 2 N–H and O–H groups in total. The van der Waals surface area contributed by atoms with Gasteiger partial charge in [0.15, 0.2) is 0 Å². The van der Waals surface area contributed by atoms with Crippen molar-refractivity contribution in [2.75, 3.05) is 18.8 Å². The van der Waals surface area contributed by atoms with Gasteiger partial charge in [-0.2, -0.15) is 0 Å². The molecular weight excluding hydrogens is 236 g/mol. The van der Waals surface area contributed by atoms with Crippen molar-refractivity contribution < 1.29 is 8.42 Å². The zero-order chi connectivity index (χ0) is 13.4. The van der Waals surface area contributed by atoms with E-state index in [1.54, 1.807) is 0 Å². The minimum Gasteiger partial charge on any atom is -0.317 e. The van der Waals surface area contributed by atoms with Crippen molar-refractivity contribution in [1.29, 1.82) is 0 Å². The topological polar surface area (TPSA) is 58.2 Å². The van der Waals surface area contributed by atoms with Crippen LogP contribution in [0.25, 0.3) is 0 Å². The summed E-state index contributed by atoms with van der Waals surface area (Å²) in [5.41, 5.74) is -0.296. The number of nitrogens with one attached hydrogen (secondary N) is 2. The van der Waals surface area contributed by atoms with Crippen LogP contribution in [-0.2, 0) is 10.0 Å². The van der Waals surface area contributed by atoms with Crippen LogP contribution in [0.1, 0.15) is 53.4 Å². The first-order valence-electron chi connectivity index (χ1n) is 6.61. The van der Waals surface area contributed by atoms with E-state index < -0.39 is 10.0 Å². The summed E-state index contributed by atoms with van der Waals surface area (Å²) in [6.07, 6.45) is 3.38. The van der Waals surface area contributed by atoms with Crippen molar-refractivity contribution in [3.63, 3.8) is 0 Å². The van der Waals surface area contributed by atoms with Crippen LogP contribution in [0.15, 0.2) is 0 Å².